The highest BCUT2D eigenvalue weighted by atomic mass is 35.5. The fraction of sp³-hybridized carbons (Fsp3) is 0.111. The average molecular weight is 214 g/mol. The van der Waals surface area contributed by atoms with Gasteiger partial charge in [0, 0.05) is 11.1 Å². The van der Waals surface area contributed by atoms with E-state index in [2.05, 4.69) is 0 Å². The van der Waals surface area contributed by atoms with Crippen LogP contribution in [-0.2, 0) is 0 Å². The van der Waals surface area contributed by atoms with Crippen LogP contribution in [0.4, 0.5) is 5.69 Å². The zero-order valence-corrected chi connectivity index (χ0v) is 8.58. The van der Waals surface area contributed by atoms with Gasteiger partial charge in [-0.05, 0) is 17.5 Å². The van der Waals surface area contributed by atoms with Crippen molar-refractivity contribution in [3.63, 3.8) is 0 Å². The molecule has 2 rings (SSSR count). The summed E-state index contributed by atoms with van der Waals surface area (Å²) in [6, 6.07) is 3.68. The minimum Gasteiger partial charge on any atom is -0.494 e. The maximum absolute atomic E-state index is 5.97. The van der Waals surface area contributed by atoms with Crippen LogP contribution in [-0.4, -0.2) is 7.11 Å². The van der Waals surface area contributed by atoms with Crippen LogP contribution in [0.5, 0.6) is 5.75 Å². The molecule has 0 atom stereocenters. The van der Waals surface area contributed by atoms with Gasteiger partial charge >= 0.3 is 0 Å². The molecule has 0 saturated heterocycles. The average Bonchev–Trinajstić information content (AvgIpc) is 2.53. The quantitative estimate of drug-likeness (QED) is 0.739. The van der Waals surface area contributed by atoms with Crippen molar-refractivity contribution >= 4 is 38.7 Å². The Morgan fingerprint density at radius 1 is 1.54 bits per heavy atom. The SMILES string of the molecule is COc1c(Cl)cc(N)c2ccsc12. The molecule has 68 valence electrons. The molecule has 1 aromatic carbocycles. The van der Waals surface area contributed by atoms with E-state index in [0.29, 0.717) is 16.5 Å². The van der Waals surface area contributed by atoms with Crippen molar-refractivity contribution in [1.29, 1.82) is 0 Å². The van der Waals surface area contributed by atoms with E-state index in [0.717, 1.165) is 10.1 Å². The normalized spacial score (nSPS) is 10.6. The Morgan fingerprint density at radius 3 is 3.00 bits per heavy atom. The molecular formula is C9H8ClNOS. The van der Waals surface area contributed by atoms with Gasteiger partial charge < -0.3 is 10.5 Å². The zero-order chi connectivity index (χ0) is 9.42. The maximum atomic E-state index is 5.97. The summed E-state index contributed by atoms with van der Waals surface area (Å²) < 4.78 is 6.20. The fourth-order valence-electron chi connectivity index (χ4n) is 1.29. The lowest BCUT2D eigenvalue weighted by Crippen LogP contribution is -1.89. The number of ether oxygens (including phenoxy) is 1. The monoisotopic (exact) mass is 213 g/mol. The summed E-state index contributed by atoms with van der Waals surface area (Å²) in [6.07, 6.45) is 0. The van der Waals surface area contributed by atoms with Crippen molar-refractivity contribution < 1.29 is 4.74 Å². The van der Waals surface area contributed by atoms with Crippen molar-refractivity contribution in [1.82, 2.24) is 0 Å². The minimum absolute atomic E-state index is 0.565. The number of rotatable bonds is 1. The molecule has 0 unspecified atom stereocenters. The molecule has 1 aromatic heterocycles. The van der Waals surface area contributed by atoms with Gasteiger partial charge in [-0.3, -0.25) is 0 Å². The Labute approximate surface area is 84.9 Å². The van der Waals surface area contributed by atoms with Gasteiger partial charge in [-0.1, -0.05) is 11.6 Å². The first-order valence-electron chi connectivity index (χ1n) is 3.73. The van der Waals surface area contributed by atoms with Crippen LogP contribution in [0.15, 0.2) is 17.5 Å². The molecule has 0 radical (unpaired) electrons. The molecule has 0 amide bonds. The lowest BCUT2D eigenvalue weighted by Gasteiger charge is -2.05. The standard InChI is InChI=1S/C9H8ClNOS/c1-12-8-6(10)4-7(11)5-2-3-13-9(5)8/h2-4H,11H2,1H3. The number of fused-ring (bicyclic) bond motifs is 1. The highest BCUT2D eigenvalue weighted by Crippen LogP contribution is 2.39. The number of hydrogen-bond donors (Lipinski definition) is 1. The summed E-state index contributed by atoms with van der Waals surface area (Å²) in [5.41, 5.74) is 6.49. The fourth-order valence-corrected chi connectivity index (χ4v) is 2.59. The molecule has 1 heterocycles. The van der Waals surface area contributed by atoms with E-state index in [9.17, 15) is 0 Å². The molecule has 4 heteroatoms. The summed E-state index contributed by atoms with van der Waals surface area (Å²) in [4.78, 5) is 0. The van der Waals surface area contributed by atoms with Crippen LogP contribution in [0.1, 0.15) is 0 Å². The van der Waals surface area contributed by atoms with Gasteiger partial charge in [-0.15, -0.1) is 11.3 Å². The van der Waals surface area contributed by atoms with E-state index >= 15 is 0 Å². The van der Waals surface area contributed by atoms with E-state index in [1.807, 2.05) is 11.4 Å². The first-order chi connectivity index (χ1) is 6.24. The van der Waals surface area contributed by atoms with E-state index in [-0.39, 0.29) is 0 Å². The molecule has 0 aliphatic carbocycles. The number of halogens is 1. The van der Waals surface area contributed by atoms with Crippen molar-refractivity contribution in [3.8, 4) is 5.75 Å². The predicted octanol–water partition coefficient (Wildman–Crippen LogP) is 3.15. The number of hydrogen-bond acceptors (Lipinski definition) is 3. The van der Waals surface area contributed by atoms with E-state index < -0.39 is 0 Å². The molecule has 2 nitrogen and oxygen atoms in total. The van der Waals surface area contributed by atoms with Gasteiger partial charge in [0.2, 0.25) is 0 Å². The van der Waals surface area contributed by atoms with Crippen LogP contribution in [0, 0.1) is 0 Å². The first-order valence-corrected chi connectivity index (χ1v) is 4.99. The summed E-state index contributed by atoms with van der Waals surface area (Å²) >= 11 is 7.54. The molecule has 2 aromatic rings. The topological polar surface area (TPSA) is 35.2 Å². The molecule has 0 saturated carbocycles. The molecular weight excluding hydrogens is 206 g/mol. The Balaban J connectivity index is 2.88. The third-order valence-electron chi connectivity index (χ3n) is 1.89. The summed E-state index contributed by atoms with van der Waals surface area (Å²) in [5, 5.41) is 3.54. The third kappa shape index (κ3) is 1.24. The molecule has 2 N–H and O–H groups in total. The number of nitrogen functional groups attached to an aromatic ring is 1. The lowest BCUT2D eigenvalue weighted by molar-refractivity contribution is 0.421. The van der Waals surface area contributed by atoms with Gasteiger partial charge in [-0.25, -0.2) is 0 Å². The Hall–Kier alpha value is -0.930. The lowest BCUT2D eigenvalue weighted by atomic mass is 10.2. The van der Waals surface area contributed by atoms with Crippen LogP contribution < -0.4 is 10.5 Å². The zero-order valence-electron chi connectivity index (χ0n) is 7.00. The molecule has 0 bridgehead atoms. The van der Waals surface area contributed by atoms with Gasteiger partial charge in [0.05, 0.1) is 16.8 Å². The second kappa shape index (κ2) is 3.09. The van der Waals surface area contributed by atoms with Crippen molar-refractivity contribution in [2.75, 3.05) is 12.8 Å². The number of anilines is 1. The minimum atomic E-state index is 0.565. The maximum Gasteiger partial charge on any atom is 0.155 e. The Kier molecular flexibility index (Phi) is 2.06. The van der Waals surface area contributed by atoms with Crippen LogP contribution in [0.3, 0.4) is 0 Å². The summed E-state index contributed by atoms with van der Waals surface area (Å²) in [5.74, 6) is 0.709. The third-order valence-corrected chi connectivity index (χ3v) is 3.08. The van der Waals surface area contributed by atoms with Gasteiger partial charge in [0.25, 0.3) is 0 Å². The number of benzene rings is 1. The van der Waals surface area contributed by atoms with Gasteiger partial charge in [0.15, 0.2) is 5.75 Å². The van der Waals surface area contributed by atoms with Crippen LogP contribution in [0.2, 0.25) is 5.02 Å². The van der Waals surface area contributed by atoms with E-state index in [1.54, 1.807) is 24.5 Å². The second-order valence-corrected chi connectivity index (χ2v) is 3.97. The summed E-state index contributed by atoms with van der Waals surface area (Å²) in [7, 11) is 1.61. The molecule has 0 aliphatic heterocycles. The predicted molar refractivity (Wildman–Crippen MR) is 57.8 cm³/mol. The Bertz CT molecular complexity index is 452. The van der Waals surface area contributed by atoms with Crippen molar-refractivity contribution in [3.05, 3.63) is 22.5 Å². The van der Waals surface area contributed by atoms with Crippen LogP contribution >= 0.6 is 22.9 Å². The smallest absolute Gasteiger partial charge is 0.155 e. The molecule has 0 spiro atoms. The van der Waals surface area contributed by atoms with E-state index in [1.165, 1.54) is 0 Å². The van der Waals surface area contributed by atoms with Crippen molar-refractivity contribution in [2.24, 2.45) is 0 Å². The van der Waals surface area contributed by atoms with Gasteiger partial charge in [0.1, 0.15) is 0 Å². The van der Waals surface area contributed by atoms with Crippen LogP contribution in [0.25, 0.3) is 10.1 Å². The highest BCUT2D eigenvalue weighted by molar-refractivity contribution is 7.17. The van der Waals surface area contributed by atoms with E-state index in [4.69, 9.17) is 22.1 Å². The largest absolute Gasteiger partial charge is 0.494 e. The molecule has 13 heavy (non-hydrogen) atoms. The molecule has 0 aliphatic rings. The highest BCUT2D eigenvalue weighted by Gasteiger charge is 2.10. The Morgan fingerprint density at radius 2 is 2.31 bits per heavy atom. The molecule has 0 fully saturated rings. The van der Waals surface area contributed by atoms with Crippen molar-refractivity contribution in [2.45, 2.75) is 0 Å². The van der Waals surface area contributed by atoms with Gasteiger partial charge in [-0.2, -0.15) is 0 Å². The summed E-state index contributed by atoms with van der Waals surface area (Å²) in [6.45, 7) is 0. The number of nitrogens with two attached hydrogens (primary N) is 1. The number of methoxy groups -OCH3 is 1. The first kappa shape index (κ1) is 8.66. The second-order valence-electron chi connectivity index (χ2n) is 2.64. The number of thiophene rings is 1.